The lowest BCUT2D eigenvalue weighted by molar-refractivity contribution is -0.123. The molecule has 0 aliphatic carbocycles. The lowest BCUT2D eigenvalue weighted by Gasteiger charge is -2.10. The number of hydrazone groups is 1. The highest BCUT2D eigenvalue weighted by Gasteiger charge is 2.06. The van der Waals surface area contributed by atoms with E-state index in [4.69, 9.17) is 9.47 Å². The Bertz CT molecular complexity index is 734. The third kappa shape index (κ3) is 5.41. The molecule has 126 valence electrons. The number of amides is 1. The number of hydrogen-bond acceptors (Lipinski definition) is 5. The van der Waals surface area contributed by atoms with Gasteiger partial charge in [-0.25, -0.2) is 5.43 Å². The van der Waals surface area contributed by atoms with Gasteiger partial charge in [0.2, 0.25) is 0 Å². The number of aromatic hydroxyl groups is 1. The third-order valence-electron chi connectivity index (χ3n) is 2.88. The van der Waals surface area contributed by atoms with Gasteiger partial charge in [-0.05, 0) is 65.4 Å². The quantitative estimate of drug-likeness (QED) is 0.394. The number of phenols is 1. The van der Waals surface area contributed by atoms with Crippen LogP contribution in [-0.2, 0) is 4.79 Å². The molecule has 0 aliphatic heterocycles. The summed E-state index contributed by atoms with van der Waals surface area (Å²) in [5.41, 5.74) is 3.15. The first-order valence-corrected chi connectivity index (χ1v) is 8.33. The Balaban J connectivity index is 1.85. The van der Waals surface area contributed by atoms with E-state index in [2.05, 4.69) is 10.5 Å². The monoisotopic (exact) mass is 440 g/mol. The maximum atomic E-state index is 11.8. The molecule has 0 radical (unpaired) electrons. The Hall–Kier alpha value is -2.29. The van der Waals surface area contributed by atoms with Crippen LogP contribution in [-0.4, -0.2) is 30.4 Å². The topological polar surface area (TPSA) is 80.2 Å². The van der Waals surface area contributed by atoms with Gasteiger partial charge < -0.3 is 14.6 Å². The average molecular weight is 440 g/mol. The highest BCUT2D eigenvalue weighted by atomic mass is 127. The summed E-state index contributed by atoms with van der Waals surface area (Å²) < 4.78 is 11.6. The number of ether oxygens (including phenoxy) is 2. The van der Waals surface area contributed by atoms with Crippen LogP contribution in [0.3, 0.4) is 0 Å². The number of nitrogens with one attached hydrogen (secondary N) is 1. The van der Waals surface area contributed by atoms with E-state index in [0.29, 0.717) is 21.7 Å². The van der Waals surface area contributed by atoms with Gasteiger partial charge in [0, 0.05) is 0 Å². The zero-order chi connectivity index (χ0) is 17.4. The maximum Gasteiger partial charge on any atom is 0.277 e. The van der Waals surface area contributed by atoms with E-state index in [1.54, 1.807) is 36.4 Å². The van der Waals surface area contributed by atoms with E-state index in [-0.39, 0.29) is 18.3 Å². The first-order chi connectivity index (χ1) is 11.6. The largest absolute Gasteiger partial charge is 0.507 e. The van der Waals surface area contributed by atoms with Crippen molar-refractivity contribution in [3.63, 3.8) is 0 Å². The number of hydrogen-bond donors (Lipinski definition) is 2. The first kappa shape index (κ1) is 18.1. The van der Waals surface area contributed by atoms with Gasteiger partial charge in [-0.2, -0.15) is 5.10 Å². The molecule has 0 fully saturated rings. The van der Waals surface area contributed by atoms with E-state index in [1.807, 2.05) is 35.6 Å². The number of para-hydroxylation sites is 2. The van der Waals surface area contributed by atoms with Crippen molar-refractivity contribution in [3.8, 4) is 17.2 Å². The van der Waals surface area contributed by atoms with E-state index < -0.39 is 0 Å². The van der Waals surface area contributed by atoms with Crippen LogP contribution in [0.1, 0.15) is 12.5 Å². The average Bonchev–Trinajstić information content (AvgIpc) is 2.57. The van der Waals surface area contributed by atoms with Gasteiger partial charge in [0.25, 0.3) is 5.91 Å². The molecule has 0 bridgehead atoms. The van der Waals surface area contributed by atoms with Gasteiger partial charge in [-0.15, -0.1) is 0 Å². The maximum absolute atomic E-state index is 11.8. The summed E-state index contributed by atoms with van der Waals surface area (Å²) in [6.45, 7) is 2.22. The molecule has 1 amide bonds. The van der Waals surface area contributed by atoms with E-state index in [9.17, 15) is 9.90 Å². The van der Waals surface area contributed by atoms with Gasteiger partial charge in [0.15, 0.2) is 18.1 Å². The number of nitrogens with zero attached hydrogens (tertiary/aromatic N) is 1. The van der Waals surface area contributed by atoms with E-state index >= 15 is 0 Å². The Morgan fingerprint density at radius 2 is 1.96 bits per heavy atom. The van der Waals surface area contributed by atoms with Crippen molar-refractivity contribution in [2.45, 2.75) is 6.92 Å². The molecule has 0 aromatic heterocycles. The molecule has 2 aromatic rings. The minimum absolute atomic E-state index is 0.172. The summed E-state index contributed by atoms with van der Waals surface area (Å²) in [5, 5.41) is 13.3. The second kappa shape index (κ2) is 9.11. The number of rotatable bonds is 7. The summed E-state index contributed by atoms with van der Waals surface area (Å²) in [5.74, 6) is 0.922. The summed E-state index contributed by atoms with van der Waals surface area (Å²) in [6.07, 6.45) is 1.49. The van der Waals surface area contributed by atoms with Gasteiger partial charge in [0.1, 0.15) is 5.75 Å². The van der Waals surface area contributed by atoms with Crippen molar-refractivity contribution in [1.82, 2.24) is 5.43 Å². The molecule has 0 atom stereocenters. The molecule has 6 nitrogen and oxygen atoms in total. The lowest BCUT2D eigenvalue weighted by atomic mass is 10.2. The minimum Gasteiger partial charge on any atom is -0.507 e. The Morgan fingerprint density at radius 1 is 1.25 bits per heavy atom. The van der Waals surface area contributed by atoms with Crippen LogP contribution >= 0.6 is 22.6 Å². The normalized spacial score (nSPS) is 10.6. The standard InChI is InChI=1S/C17H17IN2O4/c1-2-23-15-5-3-4-6-16(15)24-11-17(22)20-19-10-12-7-8-14(21)13(18)9-12/h3-10,21H,2,11H2,1H3,(H,20,22)/b19-10+. The first-order valence-electron chi connectivity index (χ1n) is 7.25. The molecule has 2 aromatic carbocycles. The molecule has 0 saturated heterocycles. The van der Waals surface area contributed by atoms with Crippen molar-refractivity contribution < 1.29 is 19.4 Å². The van der Waals surface area contributed by atoms with Crippen LogP contribution in [0.25, 0.3) is 0 Å². The molecule has 2 rings (SSSR count). The van der Waals surface area contributed by atoms with Gasteiger partial charge in [0.05, 0.1) is 16.4 Å². The second-order valence-corrected chi connectivity index (χ2v) is 5.83. The van der Waals surface area contributed by atoms with E-state index in [0.717, 1.165) is 5.56 Å². The van der Waals surface area contributed by atoms with Gasteiger partial charge in [-0.1, -0.05) is 12.1 Å². The van der Waals surface area contributed by atoms with Crippen molar-refractivity contribution in [2.75, 3.05) is 13.2 Å². The lowest BCUT2D eigenvalue weighted by Crippen LogP contribution is -2.24. The molecular weight excluding hydrogens is 423 g/mol. The summed E-state index contributed by atoms with van der Waals surface area (Å²) in [4.78, 5) is 11.8. The summed E-state index contributed by atoms with van der Waals surface area (Å²) >= 11 is 2.01. The zero-order valence-electron chi connectivity index (χ0n) is 13.0. The number of carbonyl (C=O) groups is 1. The van der Waals surface area contributed by atoms with Gasteiger partial charge in [-0.3, -0.25) is 4.79 Å². The molecule has 0 unspecified atom stereocenters. The molecule has 7 heteroatoms. The second-order valence-electron chi connectivity index (χ2n) is 4.67. The van der Waals surface area contributed by atoms with Crippen LogP contribution in [0.2, 0.25) is 0 Å². The fourth-order valence-electron chi connectivity index (χ4n) is 1.80. The molecule has 0 heterocycles. The molecule has 0 aliphatic rings. The summed E-state index contributed by atoms with van der Waals surface area (Å²) in [7, 11) is 0. The highest BCUT2D eigenvalue weighted by molar-refractivity contribution is 14.1. The number of carbonyl (C=O) groups excluding carboxylic acids is 1. The van der Waals surface area contributed by atoms with Crippen LogP contribution in [0.15, 0.2) is 47.6 Å². The third-order valence-corrected chi connectivity index (χ3v) is 3.75. The smallest absolute Gasteiger partial charge is 0.277 e. The van der Waals surface area contributed by atoms with Crippen molar-refractivity contribution in [2.24, 2.45) is 5.10 Å². The molecule has 0 spiro atoms. The molecule has 24 heavy (non-hydrogen) atoms. The van der Waals surface area contributed by atoms with E-state index in [1.165, 1.54) is 6.21 Å². The van der Waals surface area contributed by atoms with Crippen LogP contribution < -0.4 is 14.9 Å². The van der Waals surface area contributed by atoms with Crippen molar-refractivity contribution in [3.05, 3.63) is 51.6 Å². The minimum atomic E-state index is -0.383. The fourth-order valence-corrected chi connectivity index (χ4v) is 2.34. The molecular formula is C17H17IN2O4. The SMILES string of the molecule is CCOc1ccccc1OCC(=O)N/N=C/c1ccc(O)c(I)c1. The number of benzene rings is 2. The van der Waals surface area contributed by atoms with Crippen LogP contribution in [0.4, 0.5) is 0 Å². The predicted octanol–water partition coefficient (Wildman–Crippen LogP) is 2.92. The highest BCUT2D eigenvalue weighted by Crippen LogP contribution is 2.26. The van der Waals surface area contributed by atoms with Crippen LogP contribution in [0.5, 0.6) is 17.2 Å². The Kier molecular flexibility index (Phi) is 6.86. The fraction of sp³-hybridized carbons (Fsp3) is 0.176. The summed E-state index contributed by atoms with van der Waals surface area (Å²) in [6, 6.07) is 12.2. The zero-order valence-corrected chi connectivity index (χ0v) is 15.2. The number of phenolic OH excluding ortho intramolecular Hbond substituents is 1. The predicted molar refractivity (Wildman–Crippen MR) is 99.7 cm³/mol. The van der Waals surface area contributed by atoms with Crippen molar-refractivity contribution >= 4 is 34.7 Å². The Morgan fingerprint density at radius 3 is 2.62 bits per heavy atom. The van der Waals surface area contributed by atoms with Crippen LogP contribution in [0, 0.1) is 3.57 Å². The Labute approximate surface area is 153 Å². The van der Waals surface area contributed by atoms with Crippen molar-refractivity contribution in [1.29, 1.82) is 0 Å². The van der Waals surface area contributed by atoms with Gasteiger partial charge >= 0.3 is 0 Å². The molecule has 0 saturated carbocycles. The molecule has 2 N–H and O–H groups in total. The number of halogens is 1.